The molecule has 0 spiro atoms. The minimum Gasteiger partial charge on any atom is -0.481 e. The lowest BCUT2D eigenvalue weighted by atomic mass is 10.2. The highest BCUT2D eigenvalue weighted by Gasteiger charge is 2.16. The first kappa shape index (κ1) is 13.4. The summed E-state index contributed by atoms with van der Waals surface area (Å²) in [4.78, 5) is 31.3. The highest BCUT2D eigenvalue weighted by molar-refractivity contribution is 5.72. The van der Waals surface area contributed by atoms with Crippen molar-refractivity contribution < 1.29 is 9.90 Å². The van der Waals surface area contributed by atoms with Gasteiger partial charge in [0, 0.05) is 13.1 Å². The van der Waals surface area contributed by atoms with Gasteiger partial charge in [0.1, 0.15) is 5.82 Å². The first-order valence-corrected chi connectivity index (χ1v) is 6.43. The van der Waals surface area contributed by atoms with E-state index in [0.29, 0.717) is 5.95 Å². The van der Waals surface area contributed by atoms with E-state index >= 15 is 0 Å². The van der Waals surface area contributed by atoms with Crippen LogP contribution in [0.1, 0.15) is 31.2 Å². The molecule has 7 heteroatoms. The Morgan fingerprint density at radius 1 is 1.32 bits per heavy atom. The van der Waals surface area contributed by atoms with Crippen LogP contribution in [0.25, 0.3) is 0 Å². The molecule has 0 atom stereocenters. The Balaban J connectivity index is 2.28. The average Bonchev–Trinajstić information content (AvgIpc) is 2.62. The van der Waals surface area contributed by atoms with Gasteiger partial charge in [0.2, 0.25) is 5.95 Å². The summed E-state index contributed by atoms with van der Waals surface area (Å²) in [7, 11) is 0. The highest BCUT2D eigenvalue weighted by atomic mass is 16.4. The quantitative estimate of drug-likeness (QED) is 0.728. The Labute approximate surface area is 110 Å². The average molecular weight is 266 g/mol. The molecule has 0 amide bonds. The standard InChI is InChI=1S/C12H18N4O3/c13-10-8(7-9(17)18)11(19)15-12(14-10)16-5-3-1-2-4-6-16/h1-7H2,(H,17,18)(H3,13,14,15,19). The number of rotatable bonds is 3. The Morgan fingerprint density at radius 3 is 2.47 bits per heavy atom. The summed E-state index contributed by atoms with van der Waals surface area (Å²) in [6.07, 6.45) is 4.05. The molecule has 1 fully saturated rings. The number of nitrogen functional groups attached to an aromatic ring is 1. The third kappa shape index (κ3) is 3.24. The molecule has 0 radical (unpaired) electrons. The van der Waals surface area contributed by atoms with Crippen LogP contribution in [-0.2, 0) is 11.2 Å². The fraction of sp³-hybridized carbons (Fsp3) is 0.583. The van der Waals surface area contributed by atoms with E-state index in [0.717, 1.165) is 25.9 Å². The van der Waals surface area contributed by atoms with Gasteiger partial charge >= 0.3 is 5.97 Å². The third-order valence-corrected chi connectivity index (χ3v) is 3.27. The number of carboxylic acid groups (broad SMARTS) is 1. The van der Waals surface area contributed by atoms with E-state index in [1.807, 2.05) is 4.90 Å². The maximum Gasteiger partial charge on any atom is 0.308 e. The van der Waals surface area contributed by atoms with Crippen LogP contribution >= 0.6 is 0 Å². The lowest BCUT2D eigenvalue weighted by molar-refractivity contribution is -0.136. The van der Waals surface area contributed by atoms with Gasteiger partial charge < -0.3 is 15.7 Å². The van der Waals surface area contributed by atoms with Gasteiger partial charge in [0.05, 0.1) is 12.0 Å². The molecular weight excluding hydrogens is 248 g/mol. The molecule has 2 rings (SSSR count). The maximum atomic E-state index is 11.9. The molecule has 0 saturated carbocycles. The van der Waals surface area contributed by atoms with E-state index in [9.17, 15) is 9.59 Å². The van der Waals surface area contributed by atoms with Gasteiger partial charge in [-0.15, -0.1) is 0 Å². The first-order valence-electron chi connectivity index (χ1n) is 6.43. The second kappa shape index (κ2) is 5.73. The van der Waals surface area contributed by atoms with E-state index in [1.165, 1.54) is 12.8 Å². The van der Waals surface area contributed by atoms with Crippen LogP contribution in [0.2, 0.25) is 0 Å². The summed E-state index contributed by atoms with van der Waals surface area (Å²) in [6.45, 7) is 1.67. The van der Waals surface area contributed by atoms with Crippen LogP contribution in [0.5, 0.6) is 0 Å². The molecule has 7 nitrogen and oxygen atoms in total. The van der Waals surface area contributed by atoms with Crippen LogP contribution in [0.4, 0.5) is 11.8 Å². The van der Waals surface area contributed by atoms with Gasteiger partial charge in [-0.05, 0) is 12.8 Å². The summed E-state index contributed by atoms with van der Waals surface area (Å²) in [5.41, 5.74) is 5.25. The van der Waals surface area contributed by atoms with Crippen molar-refractivity contribution in [3.05, 3.63) is 15.9 Å². The minimum absolute atomic E-state index is 0.00500. The minimum atomic E-state index is -1.10. The normalized spacial score (nSPS) is 16.1. The van der Waals surface area contributed by atoms with Gasteiger partial charge in [-0.25, -0.2) is 0 Å². The van der Waals surface area contributed by atoms with Crippen molar-refractivity contribution in [2.24, 2.45) is 0 Å². The summed E-state index contributed by atoms with van der Waals surface area (Å²) in [6, 6.07) is 0. The molecule has 1 saturated heterocycles. The Morgan fingerprint density at radius 2 is 1.95 bits per heavy atom. The van der Waals surface area contributed by atoms with Crippen LogP contribution < -0.4 is 16.2 Å². The largest absolute Gasteiger partial charge is 0.481 e. The van der Waals surface area contributed by atoms with E-state index < -0.39 is 17.9 Å². The Hall–Kier alpha value is -2.05. The monoisotopic (exact) mass is 266 g/mol. The second-order valence-electron chi connectivity index (χ2n) is 4.73. The Kier molecular flexibility index (Phi) is 4.03. The van der Waals surface area contributed by atoms with Crippen molar-refractivity contribution in [3.63, 3.8) is 0 Å². The van der Waals surface area contributed by atoms with Crippen LogP contribution in [0.15, 0.2) is 4.79 Å². The number of nitrogens with zero attached hydrogens (tertiary/aromatic N) is 2. The highest BCUT2D eigenvalue weighted by Crippen LogP contribution is 2.16. The molecule has 2 heterocycles. The van der Waals surface area contributed by atoms with Gasteiger partial charge in [-0.1, -0.05) is 12.8 Å². The van der Waals surface area contributed by atoms with Crippen LogP contribution in [-0.4, -0.2) is 34.1 Å². The smallest absolute Gasteiger partial charge is 0.308 e. The van der Waals surface area contributed by atoms with Gasteiger partial charge in [0.15, 0.2) is 0 Å². The van der Waals surface area contributed by atoms with Crippen LogP contribution in [0.3, 0.4) is 0 Å². The zero-order valence-electron chi connectivity index (χ0n) is 10.7. The lowest BCUT2D eigenvalue weighted by Crippen LogP contribution is -2.30. The van der Waals surface area contributed by atoms with Crippen molar-refractivity contribution in [1.82, 2.24) is 9.97 Å². The van der Waals surface area contributed by atoms with Crippen molar-refractivity contribution in [3.8, 4) is 0 Å². The number of H-pyrrole nitrogens is 1. The lowest BCUT2D eigenvalue weighted by Gasteiger charge is -2.21. The molecular formula is C12H18N4O3. The molecule has 1 aliphatic heterocycles. The molecule has 0 bridgehead atoms. The number of aliphatic carboxylic acids is 1. The predicted octanol–water partition coefficient (Wildman–Crippen LogP) is 0.360. The summed E-state index contributed by atoms with van der Waals surface area (Å²) >= 11 is 0. The molecule has 1 aromatic heterocycles. The summed E-state index contributed by atoms with van der Waals surface area (Å²) in [5.74, 6) is -0.648. The fourth-order valence-electron chi connectivity index (χ4n) is 2.26. The van der Waals surface area contributed by atoms with Gasteiger partial charge in [0.25, 0.3) is 5.56 Å². The molecule has 19 heavy (non-hydrogen) atoms. The van der Waals surface area contributed by atoms with E-state index in [4.69, 9.17) is 10.8 Å². The first-order chi connectivity index (χ1) is 9.08. The van der Waals surface area contributed by atoms with Crippen molar-refractivity contribution in [2.75, 3.05) is 23.7 Å². The molecule has 0 unspecified atom stereocenters. The van der Waals surface area contributed by atoms with Gasteiger partial charge in [-0.2, -0.15) is 4.98 Å². The van der Waals surface area contributed by atoms with Crippen molar-refractivity contribution in [1.29, 1.82) is 0 Å². The van der Waals surface area contributed by atoms with Gasteiger partial charge in [-0.3, -0.25) is 14.6 Å². The zero-order chi connectivity index (χ0) is 13.8. The number of aromatic nitrogens is 2. The zero-order valence-corrected chi connectivity index (χ0v) is 10.7. The summed E-state index contributed by atoms with van der Waals surface area (Å²) in [5, 5.41) is 8.72. The molecule has 104 valence electrons. The Bertz CT molecular complexity index is 518. The second-order valence-corrected chi connectivity index (χ2v) is 4.73. The molecule has 1 aliphatic rings. The number of carbonyl (C=O) groups is 1. The fourth-order valence-corrected chi connectivity index (χ4v) is 2.26. The number of carboxylic acids is 1. The van der Waals surface area contributed by atoms with Crippen molar-refractivity contribution in [2.45, 2.75) is 32.1 Å². The van der Waals surface area contributed by atoms with E-state index in [1.54, 1.807) is 0 Å². The van der Waals surface area contributed by atoms with Crippen molar-refractivity contribution >= 4 is 17.7 Å². The number of hydrogen-bond acceptors (Lipinski definition) is 5. The topological polar surface area (TPSA) is 112 Å². The van der Waals surface area contributed by atoms with E-state index in [2.05, 4.69) is 9.97 Å². The molecule has 0 aromatic carbocycles. The SMILES string of the molecule is Nc1nc(N2CCCCCC2)[nH]c(=O)c1CC(=O)O. The molecule has 1 aromatic rings. The number of nitrogens with two attached hydrogens (primary N) is 1. The number of nitrogens with one attached hydrogen (secondary N) is 1. The van der Waals surface area contributed by atoms with Crippen LogP contribution in [0, 0.1) is 0 Å². The molecule has 4 N–H and O–H groups in total. The third-order valence-electron chi connectivity index (χ3n) is 3.27. The van der Waals surface area contributed by atoms with E-state index in [-0.39, 0.29) is 11.4 Å². The number of aromatic amines is 1. The maximum absolute atomic E-state index is 11.9. The number of anilines is 2. The number of hydrogen-bond donors (Lipinski definition) is 3. The molecule has 0 aliphatic carbocycles. The summed E-state index contributed by atoms with van der Waals surface area (Å²) < 4.78 is 0. The predicted molar refractivity (Wildman–Crippen MR) is 71.3 cm³/mol.